The number of aromatic nitrogens is 2. The summed E-state index contributed by atoms with van der Waals surface area (Å²) in [5.74, 6) is 0.542. The molecule has 0 amide bonds. The van der Waals surface area contributed by atoms with Gasteiger partial charge in [0, 0.05) is 17.3 Å². The number of nitrogens with zero attached hydrogens (tertiary/aromatic N) is 2. The lowest BCUT2D eigenvalue weighted by molar-refractivity contribution is 0.126. The molecule has 1 fully saturated rings. The summed E-state index contributed by atoms with van der Waals surface area (Å²) in [5, 5.41) is 20.7. The van der Waals surface area contributed by atoms with Gasteiger partial charge in [-0.3, -0.25) is 0 Å². The quantitative estimate of drug-likeness (QED) is 0.899. The van der Waals surface area contributed by atoms with E-state index in [0.717, 1.165) is 42.5 Å². The fourth-order valence-corrected chi connectivity index (χ4v) is 2.70. The van der Waals surface area contributed by atoms with E-state index in [1.807, 2.05) is 12.1 Å². The molecule has 5 nitrogen and oxygen atoms in total. The Kier molecular flexibility index (Phi) is 3.69. The van der Waals surface area contributed by atoms with Crippen LogP contribution in [-0.2, 0) is 0 Å². The summed E-state index contributed by atoms with van der Waals surface area (Å²) in [4.78, 5) is 0. The summed E-state index contributed by atoms with van der Waals surface area (Å²) in [6, 6.07) is 6.54. The van der Waals surface area contributed by atoms with Crippen LogP contribution in [0.1, 0.15) is 31.2 Å². The highest BCUT2D eigenvalue weighted by molar-refractivity contribution is 5.62. The summed E-state index contributed by atoms with van der Waals surface area (Å²) in [6.07, 6.45) is 5.03. The van der Waals surface area contributed by atoms with Crippen molar-refractivity contribution in [2.24, 2.45) is 0 Å². The van der Waals surface area contributed by atoms with E-state index in [4.69, 9.17) is 4.42 Å². The highest BCUT2D eigenvalue weighted by atomic mass is 16.4. The van der Waals surface area contributed by atoms with Gasteiger partial charge in [-0.25, -0.2) is 0 Å². The van der Waals surface area contributed by atoms with Gasteiger partial charge in [-0.1, -0.05) is 0 Å². The van der Waals surface area contributed by atoms with Crippen molar-refractivity contribution in [2.45, 2.75) is 44.8 Å². The standard InChI is InChI=1S/C15H19N3O2/c1-10-8-11(15-18-16-9-20-15)2-7-14(10)17-12-3-5-13(19)6-4-12/h2,7-9,12-13,17,19H,3-6H2,1H3. The van der Waals surface area contributed by atoms with Crippen LogP contribution in [0.2, 0.25) is 0 Å². The van der Waals surface area contributed by atoms with Gasteiger partial charge in [-0.15, -0.1) is 10.2 Å². The van der Waals surface area contributed by atoms with Gasteiger partial charge in [0.2, 0.25) is 12.3 Å². The Hall–Kier alpha value is -1.88. The smallest absolute Gasteiger partial charge is 0.247 e. The second kappa shape index (κ2) is 5.63. The molecule has 0 radical (unpaired) electrons. The molecule has 2 N–H and O–H groups in total. The molecule has 3 rings (SSSR count). The SMILES string of the molecule is Cc1cc(-c2nnco2)ccc1NC1CCC(O)CC1. The van der Waals surface area contributed by atoms with Crippen molar-refractivity contribution in [3.8, 4) is 11.5 Å². The van der Waals surface area contributed by atoms with Crippen LogP contribution in [0.5, 0.6) is 0 Å². The highest BCUT2D eigenvalue weighted by Crippen LogP contribution is 2.27. The molecule has 1 aromatic carbocycles. The van der Waals surface area contributed by atoms with Crippen molar-refractivity contribution in [3.63, 3.8) is 0 Å². The lowest BCUT2D eigenvalue weighted by Crippen LogP contribution is -2.28. The number of hydrogen-bond donors (Lipinski definition) is 2. The van der Waals surface area contributed by atoms with Crippen molar-refractivity contribution >= 4 is 5.69 Å². The first-order valence-electron chi connectivity index (χ1n) is 7.04. The summed E-state index contributed by atoms with van der Waals surface area (Å²) in [7, 11) is 0. The first-order valence-corrected chi connectivity index (χ1v) is 7.04. The fourth-order valence-electron chi connectivity index (χ4n) is 2.70. The van der Waals surface area contributed by atoms with Crippen LogP contribution in [-0.4, -0.2) is 27.4 Å². The van der Waals surface area contributed by atoms with Gasteiger partial charge in [0.15, 0.2) is 0 Å². The minimum absolute atomic E-state index is 0.117. The predicted molar refractivity (Wildman–Crippen MR) is 76.4 cm³/mol. The summed E-state index contributed by atoms with van der Waals surface area (Å²) >= 11 is 0. The molecule has 1 aromatic heterocycles. The Morgan fingerprint density at radius 1 is 1.25 bits per heavy atom. The number of benzene rings is 1. The molecule has 1 aliphatic rings. The third-order valence-corrected chi connectivity index (χ3v) is 3.89. The fraction of sp³-hybridized carbons (Fsp3) is 0.467. The summed E-state index contributed by atoms with van der Waals surface area (Å²) in [6.45, 7) is 2.07. The maximum Gasteiger partial charge on any atom is 0.247 e. The van der Waals surface area contributed by atoms with Crippen LogP contribution in [0.3, 0.4) is 0 Å². The highest BCUT2D eigenvalue weighted by Gasteiger charge is 2.19. The molecule has 0 unspecified atom stereocenters. The molecule has 0 spiro atoms. The molecular weight excluding hydrogens is 254 g/mol. The lowest BCUT2D eigenvalue weighted by Gasteiger charge is -2.27. The maximum atomic E-state index is 9.54. The first-order chi connectivity index (χ1) is 9.72. The summed E-state index contributed by atoms with van der Waals surface area (Å²) in [5.41, 5.74) is 3.23. The molecule has 1 saturated carbocycles. The zero-order chi connectivity index (χ0) is 13.9. The van der Waals surface area contributed by atoms with Gasteiger partial charge >= 0.3 is 0 Å². The average Bonchev–Trinajstić information content (AvgIpc) is 2.97. The van der Waals surface area contributed by atoms with E-state index >= 15 is 0 Å². The van der Waals surface area contributed by atoms with Crippen molar-refractivity contribution in [3.05, 3.63) is 30.2 Å². The molecule has 1 heterocycles. The number of aliphatic hydroxyl groups is 1. The minimum atomic E-state index is -0.117. The van der Waals surface area contributed by atoms with Gasteiger partial charge < -0.3 is 14.8 Å². The molecule has 106 valence electrons. The van der Waals surface area contributed by atoms with E-state index in [-0.39, 0.29) is 6.10 Å². The number of rotatable bonds is 3. The van der Waals surface area contributed by atoms with E-state index in [1.165, 1.54) is 6.39 Å². The predicted octanol–water partition coefficient (Wildman–Crippen LogP) is 2.76. The van der Waals surface area contributed by atoms with Crippen LogP contribution in [0.25, 0.3) is 11.5 Å². The third kappa shape index (κ3) is 2.82. The minimum Gasteiger partial charge on any atom is -0.423 e. The van der Waals surface area contributed by atoms with Crippen molar-refractivity contribution in [2.75, 3.05) is 5.32 Å². The normalized spacial score (nSPS) is 22.7. The van der Waals surface area contributed by atoms with Gasteiger partial charge in [0.1, 0.15) is 0 Å². The van der Waals surface area contributed by atoms with Gasteiger partial charge in [0.25, 0.3) is 0 Å². The average molecular weight is 273 g/mol. The molecular formula is C15H19N3O2. The Balaban J connectivity index is 1.71. The van der Waals surface area contributed by atoms with Crippen LogP contribution in [0, 0.1) is 6.92 Å². The number of hydrogen-bond acceptors (Lipinski definition) is 5. The van der Waals surface area contributed by atoms with Gasteiger partial charge in [0.05, 0.1) is 6.10 Å². The van der Waals surface area contributed by atoms with Crippen LogP contribution in [0.4, 0.5) is 5.69 Å². The molecule has 5 heteroatoms. The van der Waals surface area contributed by atoms with Crippen molar-refractivity contribution in [1.29, 1.82) is 0 Å². The molecule has 20 heavy (non-hydrogen) atoms. The zero-order valence-electron chi connectivity index (χ0n) is 11.5. The maximum absolute atomic E-state index is 9.54. The van der Waals surface area contributed by atoms with Crippen LogP contribution in [0.15, 0.2) is 29.0 Å². The molecule has 0 aliphatic heterocycles. The largest absolute Gasteiger partial charge is 0.423 e. The molecule has 0 saturated heterocycles. The topological polar surface area (TPSA) is 71.2 Å². The van der Waals surface area contributed by atoms with E-state index in [0.29, 0.717) is 11.9 Å². The van der Waals surface area contributed by atoms with E-state index in [9.17, 15) is 5.11 Å². The van der Waals surface area contributed by atoms with Gasteiger partial charge in [-0.05, 0) is 56.4 Å². The molecule has 0 atom stereocenters. The zero-order valence-corrected chi connectivity index (χ0v) is 11.5. The van der Waals surface area contributed by atoms with Gasteiger partial charge in [-0.2, -0.15) is 0 Å². The van der Waals surface area contributed by atoms with Crippen molar-refractivity contribution in [1.82, 2.24) is 10.2 Å². The molecule has 0 bridgehead atoms. The third-order valence-electron chi connectivity index (χ3n) is 3.89. The molecule has 1 aliphatic carbocycles. The second-order valence-electron chi connectivity index (χ2n) is 5.42. The first kappa shape index (κ1) is 13.1. The second-order valence-corrected chi connectivity index (χ2v) is 5.42. The van der Waals surface area contributed by atoms with E-state index < -0.39 is 0 Å². The van der Waals surface area contributed by atoms with Crippen LogP contribution >= 0.6 is 0 Å². The summed E-state index contributed by atoms with van der Waals surface area (Å²) < 4.78 is 5.21. The number of aryl methyl sites for hydroxylation is 1. The monoisotopic (exact) mass is 273 g/mol. The Morgan fingerprint density at radius 3 is 2.70 bits per heavy atom. The number of aliphatic hydroxyl groups excluding tert-OH is 1. The number of nitrogens with one attached hydrogen (secondary N) is 1. The van der Waals surface area contributed by atoms with Crippen LogP contribution < -0.4 is 5.32 Å². The number of anilines is 1. The Bertz CT molecular complexity index is 561. The Labute approximate surface area is 118 Å². The lowest BCUT2D eigenvalue weighted by atomic mass is 9.92. The van der Waals surface area contributed by atoms with E-state index in [1.54, 1.807) is 0 Å². The Morgan fingerprint density at radius 2 is 2.05 bits per heavy atom. The van der Waals surface area contributed by atoms with E-state index in [2.05, 4.69) is 28.5 Å². The van der Waals surface area contributed by atoms with Crippen molar-refractivity contribution < 1.29 is 9.52 Å². The molecule has 2 aromatic rings.